The molecule has 2 aliphatic heterocycles. The Morgan fingerprint density at radius 1 is 1.17 bits per heavy atom. The van der Waals surface area contributed by atoms with Gasteiger partial charge in [-0.15, -0.1) is 0 Å². The fourth-order valence-corrected chi connectivity index (χ4v) is 7.59. The van der Waals surface area contributed by atoms with Crippen molar-refractivity contribution < 1.29 is 14.0 Å². The van der Waals surface area contributed by atoms with Crippen molar-refractivity contribution in [3.8, 4) is 0 Å². The van der Waals surface area contributed by atoms with Crippen LogP contribution in [0.15, 0.2) is 29.3 Å². The van der Waals surface area contributed by atoms with Crippen LogP contribution in [0.25, 0.3) is 0 Å². The van der Waals surface area contributed by atoms with Crippen LogP contribution in [-0.4, -0.2) is 39.6 Å². The second-order valence-electron chi connectivity index (χ2n) is 9.73. The topological polar surface area (TPSA) is 49.7 Å². The number of fused-ring (bicyclic) bond motifs is 2. The first-order valence-electron chi connectivity index (χ1n) is 11.3. The molecule has 0 radical (unpaired) electrons. The van der Waals surface area contributed by atoms with Crippen LogP contribution in [-0.2, 0) is 4.79 Å². The average Bonchev–Trinajstić information content (AvgIpc) is 3.44. The summed E-state index contributed by atoms with van der Waals surface area (Å²) in [6, 6.07) is 5.72. The molecule has 2 amide bonds. The summed E-state index contributed by atoms with van der Waals surface area (Å²) in [5, 5.41) is 1.05. The van der Waals surface area contributed by atoms with Gasteiger partial charge in [0.15, 0.2) is 0 Å². The SMILES string of the molecule is CC1(C2CCN(C(=O)c3ccc(F)cc3)CC2)SC(C[C@H]2C[C@@H]3CC[C@H]2C3)=NC1=O. The van der Waals surface area contributed by atoms with Crippen LogP contribution < -0.4 is 0 Å². The number of hydrogen-bond acceptors (Lipinski definition) is 3. The molecule has 1 aromatic rings. The highest BCUT2D eigenvalue weighted by atomic mass is 32.2. The van der Waals surface area contributed by atoms with Gasteiger partial charge in [-0.25, -0.2) is 9.38 Å². The maximum absolute atomic E-state index is 13.1. The summed E-state index contributed by atoms with van der Waals surface area (Å²) >= 11 is 1.70. The standard InChI is InChI=1S/C24H29FN2O2S/c1-24(23(29)26-21(30-24)14-18-13-15-2-3-17(18)12-15)19-8-10-27(11-9-19)22(28)16-4-6-20(25)7-5-16/h4-7,15,17-19H,2-3,8-14H2,1H3/t15-,17+,18-,24?/m1/s1. The van der Waals surface area contributed by atoms with Crippen molar-refractivity contribution in [3.05, 3.63) is 35.6 Å². The van der Waals surface area contributed by atoms with Gasteiger partial charge < -0.3 is 4.90 Å². The highest BCUT2D eigenvalue weighted by Crippen LogP contribution is 2.52. The lowest BCUT2D eigenvalue weighted by Crippen LogP contribution is -2.46. The van der Waals surface area contributed by atoms with Crippen LogP contribution in [0.4, 0.5) is 4.39 Å². The van der Waals surface area contributed by atoms with E-state index < -0.39 is 4.75 Å². The summed E-state index contributed by atoms with van der Waals surface area (Å²) < 4.78 is 12.6. The van der Waals surface area contributed by atoms with Crippen molar-refractivity contribution in [3.63, 3.8) is 0 Å². The van der Waals surface area contributed by atoms with E-state index in [0.29, 0.717) is 18.7 Å². The van der Waals surface area contributed by atoms with E-state index in [9.17, 15) is 14.0 Å². The van der Waals surface area contributed by atoms with Crippen molar-refractivity contribution in [1.82, 2.24) is 4.90 Å². The maximum atomic E-state index is 13.1. The Labute approximate surface area is 181 Å². The van der Waals surface area contributed by atoms with E-state index in [1.54, 1.807) is 11.8 Å². The monoisotopic (exact) mass is 428 g/mol. The van der Waals surface area contributed by atoms with Crippen LogP contribution in [0.5, 0.6) is 0 Å². The van der Waals surface area contributed by atoms with Crippen molar-refractivity contribution in [2.75, 3.05) is 13.1 Å². The molecule has 4 aliphatic rings. The summed E-state index contributed by atoms with van der Waals surface area (Å²) in [5.41, 5.74) is 0.517. The first-order chi connectivity index (χ1) is 14.4. The Morgan fingerprint density at radius 2 is 1.90 bits per heavy atom. The van der Waals surface area contributed by atoms with Gasteiger partial charge in [0.1, 0.15) is 10.6 Å². The van der Waals surface area contributed by atoms with Gasteiger partial charge in [-0.05, 0) is 93.4 Å². The Bertz CT molecular complexity index is 878. The lowest BCUT2D eigenvalue weighted by atomic mass is 9.84. The molecule has 4 atom stereocenters. The molecule has 2 aliphatic carbocycles. The zero-order valence-corrected chi connectivity index (χ0v) is 18.3. The lowest BCUT2D eigenvalue weighted by molar-refractivity contribution is -0.121. The molecule has 2 saturated carbocycles. The second-order valence-corrected chi connectivity index (χ2v) is 11.3. The van der Waals surface area contributed by atoms with E-state index in [1.165, 1.54) is 49.9 Å². The highest BCUT2D eigenvalue weighted by molar-refractivity contribution is 8.16. The summed E-state index contributed by atoms with van der Waals surface area (Å²) in [6.45, 7) is 3.32. The number of carbonyl (C=O) groups excluding carboxylic acids is 2. The van der Waals surface area contributed by atoms with E-state index in [2.05, 4.69) is 11.9 Å². The Morgan fingerprint density at radius 3 is 2.53 bits per heavy atom. The smallest absolute Gasteiger partial charge is 0.263 e. The number of halogens is 1. The van der Waals surface area contributed by atoms with Crippen LogP contribution in [0.3, 0.4) is 0 Å². The van der Waals surface area contributed by atoms with Crippen molar-refractivity contribution in [1.29, 1.82) is 0 Å². The highest BCUT2D eigenvalue weighted by Gasteiger charge is 2.49. The summed E-state index contributed by atoms with van der Waals surface area (Å²) in [7, 11) is 0. The van der Waals surface area contributed by atoms with Gasteiger partial charge in [-0.2, -0.15) is 0 Å². The number of thioether (sulfide) groups is 1. The van der Waals surface area contributed by atoms with Crippen LogP contribution in [0.1, 0.15) is 62.2 Å². The molecule has 4 nitrogen and oxygen atoms in total. The first-order valence-corrected chi connectivity index (χ1v) is 12.1. The lowest BCUT2D eigenvalue weighted by Gasteiger charge is -2.38. The van der Waals surface area contributed by atoms with Gasteiger partial charge >= 0.3 is 0 Å². The number of aliphatic imine (C=N–C) groups is 1. The third-order valence-electron chi connectivity index (χ3n) is 7.95. The Hall–Kier alpha value is -1.69. The number of hydrogen-bond donors (Lipinski definition) is 0. The largest absolute Gasteiger partial charge is 0.339 e. The molecule has 0 spiro atoms. The molecule has 0 aromatic heterocycles. The summed E-state index contributed by atoms with van der Waals surface area (Å²) in [5.74, 6) is 2.34. The minimum Gasteiger partial charge on any atom is -0.339 e. The molecule has 2 bridgehead atoms. The molecule has 1 saturated heterocycles. The number of benzene rings is 1. The van der Waals surface area contributed by atoms with Gasteiger partial charge in [0, 0.05) is 18.7 Å². The molecule has 0 N–H and O–H groups in total. The minimum absolute atomic E-state index is 0.0222. The number of rotatable bonds is 4. The predicted octanol–water partition coefficient (Wildman–Crippen LogP) is 4.93. The van der Waals surface area contributed by atoms with Gasteiger partial charge in [0.25, 0.3) is 11.8 Å². The van der Waals surface area contributed by atoms with Gasteiger partial charge in [0.2, 0.25) is 0 Å². The molecule has 2 heterocycles. The van der Waals surface area contributed by atoms with Crippen LogP contribution in [0, 0.1) is 29.5 Å². The van der Waals surface area contributed by atoms with E-state index in [-0.39, 0.29) is 23.5 Å². The Kier molecular flexibility index (Phi) is 5.24. The molecule has 160 valence electrons. The predicted molar refractivity (Wildman–Crippen MR) is 117 cm³/mol. The van der Waals surface area contributed by atoms with Crippen molar-refractivity contribution in [2.24, 2.45) is 28.7 Å². The number of piperidine rings is 1. The molecule has 5 rings (SSSR count). The van der Waals surface area contributed by atoms with Gasteiger partial charge in [-0.3, -0.25) is 9.59 Å². The Balaban J connectivity index is 1.18. The van der Waals surface area contributed by atoms with Crippen molar-refractivity contribution in [2.45, 2.75) is 56.6 Å². The van der Waals surface area contributed by atoms with Crippen LogP contribution in [0.2, 0.25) is 0 Å². The van der Waals surface area contributed by atoms with Crippen LogP contribution >= 0.6 is 11.8 Å². The molecule has 6 heteroatoms. The second kappa shape index (κ2) is 7.77. The van der Waals surface area contributed by atoms with E-state index in [0.717, 1.165) is 42.1 Å². The van der Waals surface area contributed by atoms with Crippen molar-refractivity contribution >= 4 is 28.6 Å². The molecule has 1 unspecified atom stereocenters. The number of likely N-dealkylation sites (tertiary alicyclic amines) is 1. The molecule has 3 fully saturated rings. The number of carbonyl (C=O) groups is 2. The van der Waals surface area contributed by atoms with Gasteiger partial charge in [0.05, 0.1) is 5.04 Å². The average molecular weight is 429 g/mol. The maximum Gasteiger partial charge on any atom is 0.263 e. The molecular formula is C24H29FN2O2S. The summed E-state index contributed by atoms with van der Waals surface area (Å²) in [6.07, 6.45) is 8.05. The number of amides is 2. The summed E-state index contributed by atoms with van der Waals surface area (Å²) in [4.78, 5) is 31.9. The minimum atomic E-state index is -0.488. The molecular weight excluding hydrogens is 399 g/mol. The first kappa shape index (κ1) is 20.2. The normalized spacial score (nSPS) is 33.9. The quantitative estimate of drug-likeness (QED) is 0.683. The number of nitrogens with zero attached hydrogens (tertiary/aromatic N) is 2. The fourth-order valence-electron chi connectivity index (χ4n) is 6.14. The zero-order valence-electron chi connectivity index (χ0n) is 17.5. The zero-order chi connectivity index (χ0) is 20.9. The van der Waals surface area contributed by atoms with E-state index in [1.807, 2.05) is 4.90 Å². The molecule has 30 heavy (non-hydrogen) atoms. The third-order valence-corrected chi connectivity index (χ3v) is 9.38. The van der Waals surface area contributed by atoms with E-state index >= 15 is 0 Å². The van der Waals surface area contributed by atoms with Gasteiger partial charge in [-0.1, -0.05) is 18.2 Å². The third kappa shape index (κ3) is 3.61. The van der Waals surface area contributed by atoms with E-state index in [4.69, 9.17) is 0 Å². The fraction of sp³-hybridized carbons (Fsp3) is 0.625. The molecule has 1 aromatic carbocycles.